The molecule has 19 heavy (non-hydrogen) atoms. The van der Waals surface area contributed by atoms with Crippen molar-refractivity contribution in [2.45, 2.75) is 39.7 Å². The van der Waals surface area contributed by atoms with E-state index in [1.807, 2.05) is 12.1 Å². The summed E-state index contributed by atoms with van der Waals surface area (Å²) < 4.78 is 0. The highest BCUT2D eigenvalue weighted by atomic mass is 16.1. The van der Waals surface area contributed by atoms with Gasteiger partial charge in [0.05, 0.1) is 5.92 Å². The van der Waals surface area contributed by atoms with Crippen molar-refractivity contribution in [3.63, 3.8) is 0 Å². The summed E-state index contributed by atoms with van der Waals surface area (Å²) in [4.78, 5) is 12.3. The Morgan fingerprint density at radius 3 is 2.95 bits per heavy atom. The summed E-state index contributed by atoms with van der Waals surface area (Å²) in [7, 11) is 0. The largest absolute Gasteiger partial charge is 0.382 e. The van der Waals surface area contributed by atoms with Crippen LogP contribution in [0, 0.1) is 11.8 Å². The number of rotatable bonds is 4. The number of carbonyl (C=O) groups excluding carboxylic acids is 1. The van der Waals surface area contributed by atoms with Crippen LogP contribution in [0.15, 0.2) is 24.3 Å². The smallest absolute Gasteiger partial charge is 0.225 e. The molecule has 0 aliphatic carbocycles. The molecule has 3 heteroatoms. The molecule has 1 heterocycles. The first-order valence-corrected chi connectivity index (χ1v) is 7.24. The number of para-hydroxylation sites is 1. The average Bonchev–Trinajstić information content (AvgIpc) is 2.43. The molecule has 2 rings (SSSR count). The van der Waals surface area contributed by atoms with Gasteiger partial charge >= 0.3 is 0 Å². The van der Waals surface area contributed by atoms with E-state index < -0.39 is 0 Å². The quantitative estimate of drug-likeness (QED) is 0.874. The fourth-order valence-electron chi connectivity index (χ4n) is 2.47. The van der Waals surface area contributed by atoms with Crippen LogP contribution in [0.1, 0.15) is 32.8 Å². The van der Waals surface area contributed by atoms with Crippen molar-refractivity contribution in [2.24, 2.45) is 11.8 Å². The van der Waals surface area contributed by atoms with Gasteiger partial charge in [-0.1, -0.05) is 38.5 Å². The number of fused-ring (bicyclic) bond motifs is 1. The summed E-state index contributed by atoms with van der Waals surface area (Å²) in [5, 5.41) is 6.52. The van der Waals surface area contributed by atoms with Crippen molar-refractivity contribution < 1.29 is 4.79 Å². The highest BCUT2D eigenvalue weighted by Crippen LogP contribution is 2.28. The summed E-state index contributed by atoms with van der Waals surface area (Å²) in [6.07, 6.45) is 1.93. The fourth-order valence-corrected chi connectivity index (χ4v) is 2.47. The van der Waals surface area contributed by atoms with E-state index in [4.69, 9.17) is 0 Å². The lowest BCUT2D eigenvalue weighted by Gasteiger charge is -2.31. The minimum atomic E-state index is 0.0268. The van der Waals surface area contributed by atoms with Crippen LogP contribution < -0.4 is 10.6 Å². The van der Waals surface area contributed by atoms with Gasteiger partial charge in [0, 0.05) is 18.3 Å². The van der Waals surface area contributed by atoms with Crippen LogP contribution >= 0.6 is 0 Å². The maximum Gasteiger partial charge on any atom is 0.225 e. The number of anilines is 1. The average molecular weight is 260 g/mol. The van der Waals surface area contributed by atoms with E-state index >= 15 is 0 Å². The molecule has 3 nitrogen and oxygen atoms in total. The first-order chi connectivity index (χ1) is 9.11. The monoisotopic (exact) mass is 260 g/mol. The van der Waals surface area contributed by atoms with E-state index in [-0.39, 0.29) is 17.9 Å². The lowest BCUT2D eigenvalue weighted by Crippen LogP contribution is -2.44. The van der Waals surface area contributed by atoms with Crippen molar-refractivity contribution in [3.05, 3.63) is 29.8 Å². The van der Waals surface area contributed by atoms with Crippen LogP contribution in [0.2, 0.25) is 0 Å². The second kappa shape index (κ2) is 6.09. The summed E-state index contributed by atoms with van der Waals surface area (Å²) in [5.41, 5.74) is 2.41. The summed E-state index contributed by atoms with van der Waals surface area (Å²) >= 11 is 0. The van der Waals surface area contributed by atoms with Crippen LogP contribution in [0.4, 0.5) is 5.69 Å². The molecule has 0 bridgehead atoms. The van der Waals surface area contributed by atoms with Gasteiger partial charge in [-0.2, -0.15) is 0 Å². The van der Waals surface area contributed by atoms with Gasteiger partial charge in [-0.15, -0.1) is 0 Å². The Labute approximate surface area is 115 Å². The Morgan fingerprint density at radius 2 is 2.21 bits per heavy atom. The Morgan fingerprint density at radius 1 is 1.47 bits per heavy atom. The molecule has 3 unspecified atom stereocenters. The molecule has 1 amide bonds. The standard InChI is InChI=1S/C16H24N2O/c1-4-11(2)10-17-16(19)14-9-13-7-5-6-8-15(13)18-12(14)3/h5-8,11-12,14,18H,4,9-10H2,1-3H3,(H,17,19). The van der Waals surface area contributed by atoms with E-state index in [0.717, 1.165) is 19.4 Å². The Balaban J connectivity index is 2.00. The van der Waals surface area contributed by atoms with Crippen LogP contribution in [-0.4, -0.2) is 18.5 Å². The lowest BCUT2D eigenvalue weighted by molar-refractivity contribution is -0.125. The molecule has 0 saturated carbocycles. The predicted octanol–water partition coefficient (Wildman–Crippen LogP) is 2.82. The molecule has 1 aliphatic heterocycles. The molecule has 2 N–H and O–H groups in total. The zero-order valence-electron chi connectivity index (χ0n) is 12.1. The third-order valence-electron chi connectivity index (χ3n) is 4.10. The molecule has 1 aliphatic rings. The van der Waals surface area contributed by atoms with E-state index in [9.17, 15) is 4.79 Å². The summed E-state index contributed by atoms with van der Waals surface area (Å²) in [5.74, 6) is 0.747. The molecule has 1 aromatic rings. The molecule has 0 fully saturated rings. The fraction of sp³-hybridized carbons (Fsp3) is 0.562. The van der Waals surface area contributed by atoms with Gasteiger partial charge in [-0.25, -0.2) is 0 Å². The van der Waals surface area contributed by atoms with Crippen molar-refractivity contribution in [3.8, 4) is 0 Å². The van der Waals surface area contributed by atoms with Gasteiger partial charge in [0.2, 0.25) is 5.91 Å². The van der Waals surface area contributed by atoms with E-state index in [1.54, 1.807) is 0 Å². The minimum absolute atomic E-state index is 0.0268. The van der Waals surface area contributed by atoms with Crippen LogP contribution in [0.3, 0.4) is 0 Å². The molecule has 1 aromatic carbocycles. The molecule has 0 saturated heterocycles. The first kappa shape index (κ1) is 13.9. The van der Waals surface area contributed by atoms with Crippen molar-refractivity contribution in [2.75, 3.05) is 11.9 Å². The molecular weight excluding hydrogens is 236 g/mol. The normalized spacial score (nSPS) is 23.1. The van der Waals surface area contributed by atoms with Gasteiger partial charge in [-0.3, -0.25) is 4.79 Å². The zero-order chi connectivity index (χ0) is 13.8. The summed E-state index contributed by atoms with van der Waals surface area (Å²) in [6, 6.07) is 8.43. The lowest BCUT2D eigenvalue weighted by atomic mass is 9.87. The molecular formula is C16H24N2O. The number of benzene rings is 1. The number of amides is 1. The van der Waals surface area contributed by atoms with Gasteiger partial charge in [0.25, 0.3) is 0 Å². The third-order valence-corrected chi connectivity index (χ3v) is 4.10. The molecule has 3 atom stereocenters. The van der Waals surface area contributed by atoms with Gasteiger partial charge in [-0.05, 0) is 30.9 Å². The Kier molecular flexibility index (Phi) is 4.46. The molecule has 0 radical (unpaired) electrons. The van der Waals surface area contributed by atoms with E-state index in [2.05, 4.69) is 43.5 Å². The highest BCUT2D eigenvalue weighted by Gasteiger charge is 2.30. The van der Waals surface area contributed by atoms with Gasteiger partial charge in [0.1, 0.15) is 0 Å². The number of hydrogen-bond donors (Lipinski definition) is 2. The first-order valence-electron chi connectivity index (χ1n) is 7.24. The third kappa shape index (κ3) is 3.28. The van der Waals surface area contributed by atoms with Gasteiger partial charge in [0.15, 0.2) is 0 Å². The highest BCUT2D eigenvalue weighted by molar-refractivity contribution is 5.81. The van der Waals surface area contributed by atoms with E-state index in [1.165, 1.54) is 11.3 Å². The van der Waals surface area contributed by atoms with Crippen molar-refractivity contribution in [1.29, 1.82) is 0 Å². The van der Waals surface area contributed by atoms with Gasteiger partial charge < -0.3 is 10.6 Å². The Hall–Kier alpha value is -1.51. The van der Waals surface area contributed by atoms with E-state index in [0.29, 0.717) is 5.92 Å². The minimum Gasteiger partial charge on any atom is -0.382 e. The number of carbonyl (C=O) groups is 1. The maximum atomic E-state index is 12.3. The maximum absolute atomic E-state index is 12.3. The molecule has 0 spiro atoms. The zero-order valence-corrected chi connectivity index (χ0v) is 12.1. The van der Waals surface area contributed by atoms with Crippen LogP contribution in [-0.2, 0) is 11.2 Å². The second-order valence-electron chi connectivity index (χ2n) is 5.66. The molecule has 104 valence electrons. The SMILES string of the molecule is CCC(C)CNC(=O)C1Cc2ccccc2NC1C. The van der Waals surface area contributed by atoms with Crippen molar-refractivity contribution in [1.82, 2.24) is 5.32 Å². The van der Waals surface area contributed by atoms with Crippen LogP contribution in [0.25, 0.3) is 0 Å². The molecule has 0 aromatic heterocycles. The second-order valence-corrected chi connectivity index (χ2v) is 5.66. The summed E-state index contributed by atoms with van der Waals surface area (Å²) in [6.45, 7) is 7.18. The van der Waals surface area contributed by atoms with Crippen LogP contribution in [0.5, 0.6) is 0 Å². The predicted molar refractivity (Wildman–Crippen MR) is 79.2 cm³/mol. The number of hydrogen-bond acceptors (Lipinski definition) is 2. The topological polar surface area (TPSA) is 41.1 Å². The Bertz CT molecular complexity index is 444. The van der Waals surface area contributed by atoms with Crippen molar-refractivity contribution >= 4 is 11.6 Å². The number of nitrogens with one attached hydrogen (secondary N) is 2.